The SMILES string of the molecule is Cc1c(NCC(=O)Nc2cccc(Br)c2)cc(Cl)cc1S(C)(=O)=O. The number of nitrogens with one attached hydrogen (secondary N) is 2. The molecule has 1 amide bonds. The quantitative estimate of drug-likeness (QED) is 0.754. The summed E-state index contributed by atoms with van der Waals surface area (Å²) in [6, 6.07) is 10.2. The second-order valence-electron chi connectivity index (χ2n) is 5.26. The van der Waals surface area contributed by atoms with Crippen molar-refractivity contribution in [1.82, 2.24) is 0 Å². The van der Waals surface area contributed by atoms with Gasteiger partial charge in [0.15, 0.2) is 9.84 Å². The van der Waals surface area contributed by atoms with E-state index in [1.54, 1.807) is 25.1 Å². The van der Waals surface area contributed by atoms with Gasteiger partial charge in [0.2, 0.25) is 5.91 Å². The molecule has 0 fully saturated rings. The summed E-state index contributed by atoms with van der Waals surface area (Å²) in [5.41, 5.74) is 1.69. The number of benzene rings is 2. The zero-order chi connectivity index (χ0) is 17.9. The molecule has 0 saturated heterocycles. The summed E-state index contributed by atoms with van der Waals surface area (Å²) < 4.78 is 24.5. The average Bonchev–Trinajstić information content (AvgIpc) is 2.46. The summed E-state index contributed by atoms with van der Waals surface area (Å²) in [6.07, 6.45) is 1.12. The number of amides is 1. The maximum Gasteiger partial charge on any atom is 0.243 e. The smallest absolute Gasteiger partial charge is 0.243 e. The highest BCUT2D eigenvalue weighted by molar-refractivity contribution is 9.10. The number of carbonyl (C=O) groups excluding carboxylic acids is 1. The summed E-state index contributed by atoms with van der Waals surface area (Å²) in [5.74, 6) is -0.256. The van der Waals surface area contributed by atoms with Gasteiger partial charge in [0.25, 0.3) is 0 Å². The molecule has 2 rings (SSSR count). The molecule has 5 nitrogen and oxygen atoms in total. The van der Waals surface area contributed by atoms with Crippen molar-refractivity contribution >= 4 is 54.7 Å². The van der Waals surface area contributed by atoms with Crippen molar-refractivity contribution < 1.29 is 13.2 Å². The average molecular weight is 432 g/mol. The molecule has 2 aromatic rings. The van der Waals surface area contributed by atoms with Gasteiger partial charge in [0.1, 0.15) is 0 Å². The molecule has 0 aliphatic carbocycles. The number of anilines is 2. The normalized spacial score (nSPS) is 11.2. The van der Waals surface area contributed by atoms with Crippen LogP contribution < -0.4 is 10.6 Å². The van der Waals surface area contributed by atoms with Gasteiger partial charge in [-0.3, -0.25) is 4.79 Å². The third-order valence-corrected chi connectivity index (χ3v) is 5.21. The summed E-state index contributed by atoms with van der Waals surface area (Å²) in [5, 5.41) is 5.97. The van der Waals surface area contributed by atoms with Crippen molar-refractivity contribution in [1.29, 1.82) is 0 Å². The minimum atomic E-state index is -3.40. The standard InChI is InChI=1S/C16H16BrClN2O3S/c1-10-14(7-12(18)8-15(10)24(2,22)23)19-9-16(21)20-13-5-3-4-11(17)6-13/h3-8,19H,9H2,1-2H3,(H,20,21). The molecule has 0 radical (unpaired) electrons. The fourth-order valence-electron chi connectivity index (χ4n) is 2.17. The molecule has 0 spiro atoms. The zero-order valence-electron chi connectivity index (χ0n) is 13.1. The van der Waals surface area contributed by atoms with Crippen molar-refractivity contribution in [3.63, 3.8) is 0 Å². The first kappa shape index (κ1) is 18.8. The van der Waals surface area contributed by atoms with Gasteiger partial charge in [-0.05, 0) is 42.8 Å². The van der Waals surface area contributed by atoms with Gasteiger partial charge in [0.05, 0.1) is 11.4 Å². The van der Waals surface area contributed by atoms with Crippen LogP contribution in [0.1, 0.15) is 5.56 Å². The van der Waals surface area contributed by atoms with E-state index in [2.05, 4.69) is 26.6 Å². The Morgan fingerprint density at radius 1 is 1.25 bits per heavy atom. The Bertz CT molecular complexity index is 885. The number of hydrogen-bond acceptors (Lipinski definition) is 4. The Morgan fingerprint density at radius 2 is 1.96 bits per heavy atom. The molecule has 0 atom stereocenters. The molecule has 2 aromatic carbocycles. The van der Waals surface area contributed by atoms with E-state index < -0.39 is 9.84 Å². The predicted molar refractivity (Wildman–Crippen MR) is 101 cm³/mol. The van der Waals surface area contributed by atoms with Crippen LogP contribution in [0.5, 0.6) is 0 Å². The molecule has 0 aliphatic rings. The van der Waals surface area contributed by atoms with Crippen molar-refractivity contribution in [2.75, 3.05) is 23.4 Å². The maximum absolute atomic E-state index is 12.0. The molecule has 0 bridgehead atoms. The molecule has 24 heavy (non-hydrogen) atoms. The third-order valence-electron chi connectivity index (χ3n) is 3.27. The molecule has 2 N–H and O–H groups in total. The van der Waals surface area contributed by atoms with Crippen LogP contribution >= 0.6 is 27.5 Å². The molecule has 0 aliphatic heterocycles. The van der Waals surface area contributed by atoms with Crippen molar-refractivity contribution in [3.8, 4) is 0 Å². The van der Waals surface area contributed by atoms with E-state index in [1.165, 1.54) is 6.07 Å². The van der Waals surface area contributed by atoms with Gasteiger partial charge in [-0.25, -0.2) is 8.42 Å². The summed E-state index contributed by atoms with van der Waals surface area (Å²) in [6.45, 7) is 1.65. The van der Waals surface area contributed by atoms with Gasteiger partial charge in [-0.2, -0.15) is 0 Å². The molecule has 0 saturated carbocycles. The van der Waals surface area contributed by atoms with Crippen molar-refractivity contribution in [3.05, 3.63) is 51.5 Å². The van der Waals surface area contributed by atoms with Crippen LogP contribution in [0.25, 0.3) is 0 Å². The second kappa shape index (κ2) is 7.55. The highest BCUT2D eigenvalue weighted by atomic mass is 79.9. The van der Waals surface area contributed by atoms with Gasteiger partial charge >= 0.3 is 0 Å². The molecule has 8 heteroatoms. The van der Waals surface area contributed by atoms with Gasteiger partial charge in [-0.1, -0.05) is 33.6 Å². The first-order valence-corrected chi connectivity index (χ1v) is 10.0. The largest absolute Gasteiger partial charge is 0.376 e. The molecule has 0 heterocycles. The Kier molecular flexibility index (Phi) is 5.90. The van der Waals surface area contributed by atoms with Crippen LogP contribution in [0.3, 0.4) is 0 Å². The van der Waals surface area contributed by atoms with Crippen LogP contribution in [-0.4, -0.2) is 27.1 Å². The fraction of sp³-hybridized carbons (Fsp3) is 0.188. The third kappa shape index (κ3) is 4.96. The molecule has 128 valence electrons. The minimum absolute atomic E-state index is 0.0170. The van der Waals surface area contributed by atoms with Gasteiger partial charge in [0, 0.05) is 27.1 Å². The van der Waals surface area contributed by atoms with Crippen LogP contribution in [0.4, 0.5) is 11.4 Å². The lowest BCUT2D eigenvalue weighted by molar-refractivity contribution is -0.114. The monoisotopic (exact) mass is 430 g/mol. The lowest BCUT2D eigenvalue weighted by Gasteiger charge is -2.13. The second-order valence-corrected chi connectivity index (χ2v) is 8.60. The Labute approximate surface area is 154 Å². The van der Waals surface area contributed by atoms with E-state index in [9.17, 15) is 13.2 Å². The van der Waals surface area contributed by atoms with E-state index in [0.717, 1.165) is 10.7 Å². The Balaban J connectivity index is 2.12. The lowest BCUT2D eigenvalue weighted by Crippen LogP contribution is -2.22. The Hall–Kier alpha value is -1.57. The van der Waals surface area contributed by atoms with Crippen molar-refractivity contribution in [2.45, 2.75) is 11.8 Å². The number of sulfone groups is 1. The van der Waals surface area contributed by atoms with Gasteiger partial charge < -0.3 is 10.6 Å². The van der Waals surface area contributed by atoms with Gasteiger partial charge in [-0.15, -0.1) is 0 Å². The van der Waals surface area contributed by atoms with Crippen LogP contribution in [0.2, 0.25) is 5.02 Å². The fourth-order valence-corrected chi connectivity index (χ4v) is 3.86. The van der Waals surface area contributed by atoms with E-state index in [4.69, 9.17) is 11.6 Å². The molecular weight excluding hydrogens is 416 g/mol. The summed E-state index contributed by atoms with van der Waals surface area (Å²) >= 11 is 9.31. The highest BCUT2D eigenvalue weighted by Crippen LogP contribution is 2.28. The molecule has 0 aromatic heterocycles. The number of halogens is 2. The van der Waals surface area contributed by atoms with E-state index in [0.29, 0.717) is 16.9 Å². The number of carbonyl (C=O) groups is 1. The number of hydrogen-bond donors (Lipinski definition) is 2. The maximum atomic E-state index is 12.0. The number of rotatable bonds is 5. The van der Waals surface area contributed by atoms with Crippen LogP contribution in [0.15, 0.2) is 45.8 Å². The van der Waals surface area contributed by atoms with Crippen molar-refractivity contribution in [2.24, 2.45) is 0 Å². The summed E-state index contributed by atoms with van der Waals surface area (Å²) in [7, 11) is -3.40. The van der Waals surface area contributed by atoms with Crippen LogP contribution in [-0.2, 0) is 14.6 Å². The molecular formula is C16H16BrClN2O3S. The van der Waals surface area contributed by atoms with E-state index in [1.807, 2.05) is 12.1 Å². The minimum Gasteiger partial charge on any atom is -0.376 e. The van der Waals surface area contributed by atoms with E-state index >= 15 is 0 Å². The highest BCUT2D eigenvalue weighted by Gasteiger charge is 2.15. The molecule has 0 unspecified atom stereocenters. The zero-order valence-corrected chi connectivity index (χ0v) is 16.2. The Morgan fingerprint density at radius 3 is 2.58 bits per heavy atom. The summed E-state index contributed by atoms with van der Waals surface area (Å²) in [4.78, 5) is 12.2. The first-order chi connectivity index (χ1) is 11.2. The lowest BCUT2D eigenvalue weighted by atomic mass is 10.2. The predicted octanol–water partition coefficient (Wildman–Crippen LogP) is 3.87. The van der Waals surface area contributed by atoms with Crippen LogP contribution in [0, 0.1) is 6.92 Å². The van der Waals surface area contributed by atoms with E-state index in [-0.39, 0.29) is 22.4 Å². The first-order valence-electron chi connectivity index (χ1n) is 6.96. The topological polar surface area (TPSA) is 75.3 Å².